The molecule has 1 aliphatic rings. The Morgan fingerprint density at radius 3 is 2.74 bits per heavy atom. The van der Waals surface area contributed by atoms with E-state index >= 15 is 0 Å². The highest BCUT2D eigenvalue weighted by atomic mass is 16.6. The fourth-order valence-electron chi connectivity index (χ4n) is 2.09. The van der Waals surface area contributed by atoms with Crippen LogP contribution in [0.15, 0.2) is 30.3 Å². The molecule has 0 aromatic heterocycles. The standard InChI is InChI=1S/C14H17NO4/c1-10(16)19-13-7-8-15-12(13)9-18-14(17)11-5-3-2-4-6-11/h2-6,12-13,15H,7-9H2,1H3/t12-,13-/m1/s1. The van der Waals surface area contributed by atoms with Crippen molar-refractivity contribution >= 4 is 11.9 Å². The van der Waals surface area contributed by atoms with Crippen LogP contribution in [0.3, 0.4) is 0 Å². The van der Waals surface area contributed by atoms with Gasteiger partial charge in [0.1, 0.15) is 12.7 Å². The third kappa shape index (κ3) is 3.79. The average Bonchev–Trinajstić information content (AvgIpc) is 2.83. The number of hydrogen-bond acceptors (Lipinski definition) is 5. The van der Waals surface area contributed by atoms with Crippen LogP contribution in [0.1, 0.15) is 23.7 Å². The molecule has 2 rings (SSSR count). The van der Waals surface area contributed by atoms with Crippen LogP contribution in [0, 0.1) is 0 Å². The summed E-state index contributed by atoms with van der Waals surface area (Å²) in [5, 5.41) is 3.16. The van der Waals surface area contributed by atoms with E-state index in [1.807, 2.05) is 6.07 Å². The Hall–Kier alpha value is -1.88. The van der Waals surface area contributed by atoms with Crippen LogP contribution >= 0.6 is 0 Å². The summed E-state index contributed by atoms with van der Waals surface area (Å²) < 4.78 is 10.4. The number of hydrogen-bond donors (Lipinski definition) is 1. The summed E-state index contributed by atoms with van der Waals surface area (Å²) in [6.45, 7) is 2.34. The maximum atomic E-state index is 11.8. The number of carbonyl (C=O) groups is 2. The molecule has 0 radical (unpaired) electrons. The van der Waals surface area contributed by atoms with E-state index < -0.39 is 0 Å². The van der Waals surface area contributed by atoms with Gasteiger partial charge in [0.25, 0.3) is 0 Å². The van der Waals surface area contributed by atoms with Gasteiger partial charge in [0.05, 0.1) is 11.6 Å². The third-order valence-electron chi connectivity index (χ3n) is 3.00. The Morgan fingerprint density at radius 2 is 2.05 bits per heavy atom. The van der Waals surface area contributed by atoms with Gasteiger partial charge in [-0.05, 0) is 25.1 Å². The first-order chi connectivity index (χ1) is 9.16. The molecule has 0 bridgehead atoms. The van der Waals surface area contributed by atoms with Gasteiger partial charge in [0, 0.05) is 6.92 Å². The fraction of sp³-hybridized carbons (Fsp3) is 0.429. The Labute approximate surface area is 111 Å². The molecule has 0 saturated carbocycles. The SMILES string of the molecule is CC(=O)O[C@@H]1CCN[C@@H]1COC(=O)c1ccccc1. The summed E-state index contributed by atoms with van der Waals surface area (Å²) in [6.07, 6.45) is 0.522. The lowest BCUT2D eigenvalue weighted by molar-refractivity contribution is -0.147. The minimum absolute atomic E-state index is 0.128. The molecule has 1 saturated heterocycles. The van der Waals surface area contributed by atoms with Gasteiger partial charge in [-0.3, -0.25) is 4.79 Å². The van der Waals surface area contributed by atoms with Gasteiger partial charge in [0.2, 0.25) is 0 Å². The first-order valence-electron chi connectivity index (χ1n) is 6.29. The molecule has 1 fully saturated rings. The van der Waals surface area contributed by atoms with Gasteiger partial charge >= 0.3 is 11.9 Å². The topological polar surface area (TPSA) is 64.6 Å². The summed E-state index contributed by atoms with van der Waals surface area (Å²) >= 11 is 0. The van der Waals surface area contributed by atoms with Crippen molar-refractivity contribution in [2.24, 2.45) is 0 Å². The van der Waals surface area contributed by atoms with Gasteiger partial charge in [-0.15, -0.1) is 0 Å². The van der Waals surface area contributed by atoms with Crippen LogP contribution in [0.5, 0.6) is 0 Å². The highest BCUT2D eigenvalue weighted by Crippen LogP contribution is 2.13. The zero-order valence-corrected chi connectivity index (χ0v) is 10.8. The van der Waals surface area contributed by atoms with Crippen molar-refractivity contribution in [3.05, 3.63) is 35.9 Å². The Morgan fingerprint density at radius 1 is 1.32 bits per heavy atom. The highest BCUT2D eigenvalue weighted by molar-refractivity contribution is 5.89. The quantitative estimate of drug-likeness (QED) is 0.825. The minimum atomic E-state index is -0.365. The van der Waals surface area contributed by atoms with Crippen molar-refractivity contribution in [2.45, 2.75) is 25.5 Å². The second-order valence-corrected chi connectivity index (χ2v) is 4.46. The monoisotopic (exact) mass is 263 g/mol. The lowest BCUT2D eigenvalue weighted by Crippen LogP contribution is -2.38. The predicted molar refractivity (Wildman–Crippen MR) is 68.7 cm³/mol. The van der Waals surface area contributed by atoms with Gasteiger partial charge in [0.15, 0.2) is 0 Å². The molecule has 0 amide bonds. The summed E-state index contributed by atoms with van der Waals surface area (Å²) in [5.41, 5.74) is 0.518. The average molecular weight is 263 g/mol. The van der Waals surface area contributed by atoms with Crippen molar-refractivity contribution in [2.75, 3.05) is 13.2 Å². The highest BCUT2D eigenvalue weighted by Gasteiger charge is 2.30. The molecular formula is C14H17NO4. The molecule has 0 unspecified atom stereocenters. The molecule has 1 aromatic rings. The van der Waals surface area contributed by atoms with Gasteiger partial charge in [-0.2, -0.15) is 0 Å². The normalized spacial score (nSPS) is 21.9. The molecule has 5 heteroatoms. The van der Waals surface area contributed by atoms with Crippen molar-refractivity contribution in [3.63, 3.8) is 0 Å². The second kappa shape index (κ2) is 6.33. The van der Waals surface area contributed by atoms with Crippen LogP contribution in [0.25, 0.3) is 0 Å². The van der Waals surface area contributed by atoms with Crippen LogP contribution in [-0.4, -0.2) is 37.2 Å². The molecular weight excluding hydrogens is 246 g/mol. The van der Waals surface area contributed by atoms with Crippen molar-refractivity contribution in [1.29, 1.82) is 0 Å². The Balaban J connectivity index is 1.85. The molecule has 0 aliphatic carbocycles. The third-order valence-corrected chi connectivity index (χ3v) is 3.00. The van der Waals surface area contributed by atoms with Crippen LogP contribution in [0.4, 0.5) is 0 Å². The lowest BCUT2D eigenvalue weighted by atomic mass is 10.2. The fourth-order valence-corrected chi connectivity index (χ4v) is 2.09. The molecule has 5 nitrogen and oxygen atoms in total. The lowest BCUT2D eigenvalue weighted by Gasteiger charge is -2.19. The van der Waals surface area contributed by atoms with Gasteiger partial charge < -0.3 is 14.8 Å². The van der Waals surface area contributed by atoms with E-state index in [4.69, 9.17) is 9.47 Å². The summed E-state index contributed by atoms with van der Waals surface area (Å²) in [5.74, 6) is -0.677. The molecule has 102 valence electrons. The Kier molecular flexibility index (Phi) is 4.52. The molecule has 2 atom stereocenters. The van der Waals surface area contributed by atoms with E-state index in [-0.39, 0.29) is 30.7 Å². The van der Waals surface area contributed by atoms with Crippen molar-refractivity contribution in [1.82, 2.24) is 5.32 Å². The van der Waals surface area contributed by atoms with Gasteiger partial charge in [-0.1, -0.05) is 18.2 Å². The smallest absolute Gasteiger partial charge is 0.338 e. The van der Waals surface area contributed by atoms with Crippen LogP contribution < -0.4 is 5.32 Å². The minimum Gasteiger partial charge on any atom is -0.461 e. The van der Waals surface area contributed by atoms with Crippen molar-refractivity contribution < 1.29 is 19.1 Å². The zero-order chi connectivity index (χ0) is 13.7. The Bertz CT molecular complexity index is 446. The summed E-state index contributed by atoms with van der Waals surface area (Å²) in [6, 6.07) is 8.68. The molecule has 19 heavy (non-hydrogen) atoms. The van der Waals surface area contributed by atoms with Gasteiger partial charge in [-0.25, -0.2) is 4.79 Å². The summed E-state index contributed by atoms with van der Waals surface area (Å²) in [7, 11) is 0. The predicted octanol–water partition coefficient (Wildman–Crippen LogP) is 1.14. The number of carbonyl (C=O) groups excluding carboxylic acids is 2. The number of esters is 2. The van der Waals surface area contributed by atoms with Crippen LogP contribution in [-0.2, 0) is 14.3 Å². The first kappa shape index (κ1) is 13.5. The summed E-state index contributed by atoms with van der Waals surface area (Å²) in [4.78, 5) is 22.7. The number of rotatable bonds is 4. The molecule has 1 heterocycles. The molecule has 1 N–H and O–H groups in total. The maximum Gasteiger partial charge on any atom is 0.338 e. The van der Waals surface area contributed by atoms with E-state index in [1.165, 1.54) is 6.92 Å². The number of nitrogens with one attached hydrogen (secondary N) is 1. The molecule has 1 aromatic carbocycles. The van der Waals surface area contributed by atoms with Crippen LogP contribution in [0.2, 0.25) is 0 Å². The van der Waals surface area contributed by atoms with E-state index in [1.54, 1.807) is 24.3 Å². The number of benzene rings is 1. The largest absolute Gasteiger partial charge is 0.461 e. The number of ether oxygens (including phenoxy) is 2. The van der Waals surface area contributed by atoms with E-state index in [2.05, 4.69) is 5.32 Å². The molecule has 1 aliphatic heterocycles. The first-order valence-corrected chi connectivity index (χ1v) is 6.29. The van der Waals surface area contributed by atoms with E-state index in [0.717, 1.165) is 13.0 Å². The zero-order valence-electron chi connectivity index (χ0n) is 10.8. The van der Waals surface area contributed by atoms with E-state index in [0.29, 0.717) is 5.56 Å². The second-order valence-electron chi connectivity index (χ2n) is 4.46. The maximum absolute atomic E-state index is 11.8. The van der Waals surface area contributed by atoms with Crippen molar-refractivity contribution in [3.8, 4) is 0 Å². The molecule has 0 spiro atoms. The van der Waals surface area contributed by atoms with E-state index in [9.17, 15) is 9.59 Å².